The summed E-state index contributed by atoms with van der Waals surface area (Å²) in [5.74, 6) is -5.32. The number of hydrogen-bond acceptors (Lipinski definition) is 4. The number of hydrogen-bond donors (Lipinski definition) is 4. The van der Waals surface area contributed by atoms with Crippen LogP contribution in [0.5, 0.6) is 0 Å². The summed E-state index contributed by atoms with van der Waals surface area (Å²) in [6, 6.07) is -2.04. The van der Waals surface area contributed by atoms with Gasteiger partial charge in [0.2, 0.25) is 17.9 Å². The molecule has 0 aliphatic rings. The van der Waals surface area contributed by atoms with Gasteiger partial charge in [0.15, 0.2) is 0 Å². The number of halogens is 1. The molecule has 9 heteroatoms. The fourth-order valence-electron chi connectivity index (χ4n) is 0.667. The van der Waals surface area contributed by atoms with Gasteiger partial charge < -0.3 is 20.8 Å². The first-order valence-electron chi connectivity index (χ1n) is 3.96. The second-order valence-electron chi connectivity index (χ2n) is 2.59. The first-order chi connectivity index (χ1) is 7.38. The summed E-state index contributed by atoms with van der Waals surface area (Å²) in [6.07, 6.45) is 0. The Balaban J connectivity index is 4.16. The van der Waals surface area contributed by atoms with Crippen molar-refractivity contribution in [3.8, 4) is 0 Å². The molecule has 0 unspecified atom stereocenters. The lowest BCUT2D eigenvalue weighted by atomic mass is 10.3. The number of carbonyl (C=O) groups excluding carboxylic acids is 2. The molecule has 2 amide bonds. The lowest BCUT2D eigenvalue weighted by Gasteiger charge is -2.10. The van der Waals surface area contributed by atoms with E-state index in [0.29, 0.717) is 0 Å². The van der Waals surface area contributed by atoms with Crippen LogP contribution in [0.2, 0.25) is 0 Å². The van der Waals surface area contributed by atoms with E-state index < -0.39 is 36.3 Å². The van der Waals surface area contributed by atoms with E-state index in [1.165, 1.54) is 0 Å². The molecule has 0 heterocycles. The fraction of sp³-hybridized carbons (Fsp3) is 0.429. The van der Waals surface area contributed by atoms with Crippen molar-refractivity contribution in [3.05, 3.63) is 0 Å². The van der Waals surface area contributed by atoms with Crippen LogP contribution in [0, 0.1) is 0 Å². The summed E-state index contributed by atoms with van der Waals surface area (Å²) < 4.78 is 0. The first-order valence-corrected chi connectivity index (χ1v) is 4.49. The second kappa shape index (κ2) is 6.62. The van der Waals surface area contributed by atoms with Crippen molar-refractivity contribution < 1.29 is 29.4 Å². The minimum absolute atomic E-state index is 0.353. The van der Waals surface area contributed by atoms with Crippen LogP contribution in [0.4, 0.5) is 0 Å². The molecule has 90 valence electrons. The largest absolute Gasteiger partial charge is 0.479 e. The second-order valence-corrected chi connectivity index (χ2v) is 2.85. The lowest BCUT2D eigenvalue weighted by molar-refractivity contribution is -0.153. The Kier molecular flexibility index (Phi) is 5.86. The normalized spacial score (nSPS) is 9.62. The Hall–Kier alpha value is -1.83. The van der Waals surface area contributed by atoms with Gasteiger partial charge >= 0.3 is 11.9 Å². The highest BCUT2D eigenvalue weighted by molar-refractivity contribution is 6.27. The Bertz CT molecular complexity index is 304. The summed E-state index contributed by atoms with van der Waals surface area (Å²) in [4.78, 5) is 42.3. The number of carboxylic acids is 2. The third-order valence-electron chi connectivity index (χ3n) is 1.37. The van der Waals surface area contributed by atoms with Gasteiger partial charge in [-0.3, -0.25) is 9.59 Å². The van der Waals surface area contributed by atoms with Crippen LogP contribution in [-0.2, 0) is 19.2 Å². The summed E-state index contributed by atoms with van der Waals surface area (Å²) in [6.45, 7) is -0.539. The Labute approximate surface area is 94.6 Å². The molecule has 4 N–H and O–H groups in total. The minimum Gasteiger partial charge on any atom is -0.479 e. The van der Waals surface area contributed by atoms with Gasteiger partial charge in [-0.15, -0.1) is 11.6 Å². The molecule has 0 fully saturated rings. The van der Waals surface area contributed by atoms with E-state index >= 15 is 0 Å². The molecule has 8 nitrogen and oxygen atoms in total. The number of amides is 2. The monoisotopic (exact) mass is 252 g/mol. The molecule has 0 spiro atoms. The molecular weight excluding hydrogens is 244 g/mol. The Morgan fingerprint density at radius 1 is 1.06 bits per heavy atom. The summed E-state index contributed by atoms with van der Waals surface area (Å²) in [7, 11) is 0. The van der Waals surface area contributed by atoms with Crippen LogP contribution in [0.1, 0.15) is 0 Å². The van der Waals surface area contributed by atoms with Crippen LogP contribution in [0.15, 0.2) is 0 Å². The first kappa shape index (κ1) is 14.2. The van der Waals surface area contributed by atoms with Gasteiger partial charge in [0.25, 0.3) is 0 Å². The maximum atomic E-state index is 11.0. The van der Waals surface area contributed by atoms with Crippen LogP contribution in [0.3, 0.4) is 0 Å². The van der Waals surface area contributed by atoms with E-state index in [4.69, 9.17) is 21.8 Å². The van der Waals surface area contributed by atoms with Crippen LogP contribution in [-0.4, -0.2) is 52.4 Å². The van der Waals surface area contributed by atoms with Gasteiger partial charge in [-0.05, 0) is 0 Å². The molecule has 16 heavy (non-hydrogen) atoms. The van der Waals surface area contributed by atoms with Crippen LogP contribution in [0.25, 0.3) is 0 Å². The highest BCUT2D eigenvalue weighted by Gasteiger charge is 2.27. The average molecular weight is 253 g/mol. The van der Waals surface area contributed by atoms with Crippen molar-refractivity contribution in [2.75, 3.05) is 12.4 Å². The standard InChI is InChI=1S/C7H9ClN2O6/c8-1-3(11)9-2-4(12)10-5(6(13)14)7(15)16/h5H,1-2H2,(H,9,11)(H,10,12)(H,13,14)(H,15,16). The Morgan fingerprint density at radius 3 is 1.94 bits per heavy atom. The number of carboxylic acid groups (broad SMARTS) is 2. The van der Waals surface area contributed by atoms with E-state index in [-0.39, 0.29) is 5.88 Å². The number of carbonyl (C=O) groups is 4. The van der Waals surface area contributed by atoms with Gasteiger partial charge in [-0.1, -0.05) is 0 Å². The predicted molar refractivity (Wildman–Crippen MR) is 50.9 cm³/mol. The van der Waals surface area contributed by atoms with E-state index in [2.05, 4.69) is 0 Å². The molecule has 0 atom stereocenters. The molecule has 0 radical (unpaired) electrons. The van der Waals surface area contributed by atoms with Crippen LogP contribution < -0.4 is 10.6 Å². The minimum atomic E-state index is -2.04. The van der Waals surface area contributed by atoms with Crippen molar-refractivity contribution in [2.45, 2.75) is 6.04 Å². The zero-order valence-corrected chi connectivity index (χ0v) is 8.65. The zero-order chi connectivity index (χ0) is 12.7. The number of alkyl halides is 1. The highest BCUT2D eigenvalue weighted by Crippen LogP contribution is 1.84. The van der Waals surface area contributed by atoms with Gasteiger partial charge in [0.1, 0.15) is 5.88 Å². The smallest absolute Gasteiger partial charge is 0.338 e. The highest BCUT2D eigenvalue weighted by atomic mass is 35.5. The van der Waals surface area contributed by atoms with Crippen molar-refractivity contribution in [3.63, 3.8) is 0 Å². The van der Waals surface area contributed by atoms with Crippen molar-refractivity contribution >= 4 is 35.4 Å². The third-order valence-corrected chi connectivity index (χ3v) is 1.61. The number of rotatable bonds is 6. The van der Waals surface area contributed by atoms with Crippen molar-refractivity contribution in [1.82, 2.24) is 10.6 Å². The van der Waals surface area contributed by atoms with Crippen molar-refractivity contribution in [1.29, 1.82) is 0 Å². The SMILES string of the molecule is O=C(CCl)NCC(=O)NC(C(=O)O)C(=O)O. The quantitative estimate of drug-likeness (QED) is 0.319. The zero-order valence-electron chi connectivity index (χ0n) is 7.90. The van der Waals surface area contributed by atoms with E-state index in [1.807, 2.05) is 5.32 Å². The maximum absolute atomic E-state index is 11.0. The molecule has 0 aromatic rings. The average Bonchev–Trinajstić information content (AvgIpc) is 2.21. The molecule has 0 saturated heterocycles. The number of nitrogens with one attached hydrogen (secondary N) is 2. The molecule has 0 bridgehead atoms. The molecule has 0 rings (SSSR count). The van der Waals surface area contributed by atoms with Gasteiger partial charge in [0, 0.05) is 0 Å². The topological polar surface area (TPSA) is 133 Å². The van der Waals surface area contributed by atoms with Gasteiger partial charge in [-0.25, -0.2) is 9.59 Å². The summed E-state index contributed by atoms with van der Waals surface area (Å²) in [5.41, 5.74) is 0. The molecule has 0 saturated carbocycles. The maximum Gasteiger partial charge on any atom is 0.338 e. The van der Waals surface area contributed by atoms with Crippen LogP contribution >= 0.6 is 11.6 Å². The molecule has 0 aromatic heterocycles. The molecule has 0 aromatic carbocycles. The summed E-state index contributed by atoms with van der Waals surface area (Å²) in [5, 5.41) is 20.6. The fourth-order valence-corrected chi connectivity index (χ4v) is 0.762. The molecular formula is C7H9ClN2O6. The Morgan fingerprint density at radius 2 is 1.56 bits per heavy atom. The van der Waals surface area contributed by atoms with Gasteiger partial charge in [0.05, 0.1) is 6.54 Å². The van der Waals surface area contributed by atoms with Gasteiger partial charge in [-0.2, -0.15) is 0 Å². The lowest BCUT2D eigenvalue weighted by Crippen LogP contribution is -2.49. The number of aliphatic carboxylic acids is 2. The molecule has 0 aliphatic carbocycles. The van der Waals surface area contributed by atoms with E-state index in [0.717, 1.165) is 0 Å². The van der Waals surface area contributed by atoms with Crippen molar-refractivity contribution in [2.24, 2.45) is 0 Å². The predicted octanol–water partition coefficient (Wildman–Crippen LogP) is -2.00. The molecule has 0 aliphatic heterocycles. The third kappa shape index (κ3) is 5.15. The summed E-state index contributed by atoms with van der Waals surface area (Å²) >= 11 is 5.11. The van der Waals surface area contributed by atoms with E-state index in [1.54, 1.807) is 5.32 Å². The van der Waals surface area contributed by atoms with E-state index in [9.17, 15) is 19.2 Å².